The van der Waals surface area contributed by atoms with E-state index in [1.807, 2.05) is 26.0 Å². The van der Waals surface area contributed by atoms with Crippen molar-refractivity contribution in [2.75, 3.05) is 13.1 Å². The molecule has 0 aliphatic carbocycles. The standard InChI is InChI=1S/C25H24F2N6O2/c1-14-3-4-15(2)18(9-14)13-33-23-21(30-31-33)24(34)29-22(28-23)16-5-7-32(8-6-16)25(35)17-10-19(26)12-20(27)11-17/h3-4,9-12,16H,5-8,13H2,1-2H3,(H,28,29,34). The second-order valence-corrected chi connectivity index (χ2v) is 9.03. The SMILES string of the molecule is Cc1ccc(C)c(Cn2nnc3c(=O)[nH]c(C4CCN(C(=O)c5cc(F)cc(F)c5)CC4)nc32)c1. The van der Waals surface area contributed by atoms with Crippen molar-refractivity contribution in [1.82, 2.24) is 29.9 Å². The number of H-pyrrole nitrogens is 1. The fraction of sp³-hybridized carbons (Fsp3) is 0.320. The molecule has 0 bridgehead atoms. The van der Waals surface area contributed by atoms with E-state index in [2.05, 4.69) is 21.4 Å². The lowest BCUT2D eigenvalue weighted by atomic mass is 9.95. The van der Waals surface area contributed by atoms with Crippen LogP contribution in [0, 0.1) is 25.5 Å². The molecular weight excluding hydrogens is 454 g/mol. The molecule has 1 N–H and O–H groups in total. The number of piperidine rings is 1. The molecule has 1 aliphatic rings. The van der Waals surface area contributed by atoms with Gasteiger partial charge in [0.05, 0.1) is 6.54 Å². The summed E-state index contributed by atoms with van der Waals surface area (Å²) >= 11 is 0. The van der Waals surface area contributed by atoms with E-state index in [1.165, 1.54) is 0 Å². The summed E-state index contributed by atoms with van der Waals surface area (Å²) in [5, 5.41) is 8.19. The molecule has 0 atom stereocenters. The summed E-state index contributed by atoms with van der Waals surface area (Å²) < 4.78 is 28.7. The molecule has 35 heavy (non-hydrogen) atoms. The first kappa shape index (κ1) is 22.8. The Morgan fingerprint density at radius 1 is 1.09 bits per heavy atom. The molecule has 1 amide bonds. The smallest absolute Gasteiger partial charge is 0.281 e. The lowest BCUT2D eigenvalue weighted by Crippen LogP contribution is -2.38. The molecule has 180 valence electrons. The Morgan fingerprint density at radius 2 is 1.80 bits per heavy atom. The second kappa shape index (κ2) is 9.01. The van der Waals surface area contributed by atoms with Gasteiger partial charge in [-0.25, -0.2) is 18.4 Å². The van der Waals surface area contributed by atoms with E-state index in [1.54, 1.807) is 9.58 Å². The molecule has 1 aliphatic heterocycles. The number of amides is 1. The van der Waals surface area contributed by atoms with Crippen LogP contribution in [0.15, 0.2) is 41.2 Å². The first-order chi connectivity index (χ1) is 16.8. The number of aromatic nitrogens is 5. The van der Waals surface area contributed by atoms with E-state index in [0.717, 1.165) is 34.9 Å². The first-order valence-corrected chi connectivity index (χ1v) is 11.4. The van der Waals surface area contributed by atoms with Gasteiger partial charge in [-0.3, -0.25) is 9.59 Å². The Hall–Kier alpha value is -3.95. The van der Waals surface area contributed by atoms with Gasteiger partial charge in [0, 0.05) is 30.6 Å². The Balaban J connectivity index is 1.36. The number of rotatable bonds is 4. The molecule has 1 fully saturated rings. The molecule has 0 saturated carbocycles. The normalized spacial score (nSPS) is 14.6. The van der Waals surface area contributed by atoms with E-state index < -0.39 is 17.5 Å². The fourth-order valence-corrected chi connectivity index (χ4v) is 4.53. The van der Waals surface area contributed by atoms with E-state index in [0.29, 0.717) is 43.9 Å². The maximum Gasteiger partial charge on any atom is 0.281 e. The van der Waals surface area contributed by atoms with Crippen molar-refractivity contribution in [1.29, 1.82) is 0 Å². The van der Waals surface area contributed by atoms with Crippen molar-refractivity contribution in [3.05, 3.63) is 86.5 Å². The highest BCUT2D eigenvalue weighted by molar-refractivity contribution is 5.94. The lowest BCUT2D eigenvalue weighted by molar-refractivity contribution is 0.0710. The van der Waals surface area contributed by atoms with Crippen molar-refractivity contribution < 1.29 is 13.6 Å². The number of carbonyl (C=O) groups is 1. The minimum absolute atomic E-state index is 0.0182. The molecular formula is C25H24F2N6O2. The Morgan fingerprint density at radius 3 is 2.51 bits per heavy atom. The number of nitrogens with zero attached hydrogens (tertiary/aromatic N) is 5. The van der Waals surface area contributed by atoms with Gasteiger partial charge in [0.1, 0.15) is 17.5 Å². The number of hydrogen-bond acceptors (Lipinski definition) is 5. The third-order valence-electron chi connectivity index (χ3n) is 6.50. The van der Waals surface area contributed by atoms with Crippen LogP contribution < -0.4 is 5.56 Å². The number of carbonyl (C=O) groups excluding carboxylic acids is 1. The minimum atomic E-state index is -0.788. The predicted molar refractivity (Wildman–Crippen MR) is 125 cm³/mol. The quantitative estimate of drug-likeness (QED) is 0.485. The second-order valence-electron chi connectivity index (χ2n) is 9.03. The van der Waals surface area contributed by atoms with E-state index in [9.17, 15) is 18.4 Å². The van der Waals surface area contributed by atoms with Crippen LogP contribution in [-0.4, -0.2) is 48.9 Å². The van der Waals surface area contributed by atoms with E-state index in [4.69, 9.17) is 4.98 Å². The maximum absolute atomic E-state index is 13.5. The Kier molecular flexibility index (Phi) is 5.88. The molecule has 10 heteroatoms. The summed E-state index contributed by atoms with van der Waals surface area (Å²) in [6, 6.07) is 8.97. The van der Waals surface area contributed by atoms with Crippen LogP contribution in [-0.2, 0) is 6.54 Å². The summed E-state index contributed by atoms with van der Waals surface area (Å²) in [6.07, 6.45) is 1.10. The largest absolute Gasteiger partial charge is 0.339 e. The first-order valence-electron chi connectivity index (χ1n) is 11.4. The highest BCUT2D eigenvalue weighted by atomic mass is 19.1. The van der Waals surface area contributed by atoms with Gasteiger partial charge in [0.25, 0.3) is 11.5 Å². The minimum Gasteiger partial charge on any atom is -0.339 e. The lowest BCUT2D eigenvalue weighted by Gasteiger charge is -2.31. The number of benzene rings is 2. The van der Waals surface area contributed by atoms with Crippen molar-refractivity contribution >= 4 is 17.1 Å². The topological polar surface area (TPSA) is 96.8 Å². The van der Waals surface area contributed by atoms with Gasteiger partial charge >= 0.3 is 0 Å². The van der Waals surface area contributed by atoms with Crippen LogP contribution >= 0.6 is 0 Å². The van der Waals surface area contributed by atoms with Crippen LogP contribution in [0.5, 0.6) is 0 Å². The van der Waals surface area contributed by atoms with Gasteiger partial charge in [-0.2, -0.15) is 0 Å². The maximum atomic E-state index is 13.5. The molecule has 0 radical (unpaired) electrons. The van der Waals surface area contributed by atoms with Crippen molar-refractivity contribution in [2.24, 2.45) is 0 Å². The average Bonchev–Trinajstić information content (AvgIpc) is 3.23. The predicted octanol–water partition coefficient (Wildman–Crippen LogP) is 3.48. The molecule has 0 unspecified atom stereocenters. The third kappa shape index (κ3) is 4.55. The van der Waals surface area contributed by atoms with Gasteiger partial charge in [-0.15, -0.1) is 5.10 Å². The summed E-state index contributed by atoms with van der Waals surface area (Å²) in [5.74, 6) is -1.55. The summed E-state index contributed by atoms with van der Waals surface area (Å²) in [7, 11) is 0. The van der Waals surface area contributed by atoms with Gasteiger partial charge < -0.3 is 9.88 Å². The number of nitrogens with one attached hydrogen (secondary N) is 1. The van der Waals surface area contributed by atoms with Crippen molar-refractivity contribution in [3.8, 4) is 0 Å². The molecule has 4 aromatic rings. The van der Waals surface area contributed by atoms with Gasteiger partial charge in [-0.05, 0) is 49.9 Å². The fourth-order valence-electron chi connectivity index (χ4n) is 4.53. The number of fused-ring (bicyclic) bond motifs is 1. The zero-order valence-corrected chi connectivity index (χ0v) is 19.4. The van der Waals surface area contributed by atoms with Crippen LogP contribution in [0.25, 0.3) is 11.2 Å². The zero-order chi connectivity index (χ0) is 24.7. The van der Waals surface area contributed by atoms with E-state index >= 15 is 0 Å². The number of halogens is 2. The molecule has 5 rings (SSSR count). The molecule has 0 spiro atoms. The number of aromatic amines is 1. The van der Waals surface area contributed by atoms with E-state index in [-0.39, 0.29) is 22.6 Å². The van der Waals surface area contributed by atoms with Crippen molar-refractivity contribution in [2.45, 2.75) is 39.2 Å². The van der Waals surface area contributed by atoms with Crippen molar-refractivity contribution in [3.63, 3.8) is 0 Å². The highest BCUT2D eigenvalue weighted by Gasteiger charge is 2.27. The summed E-state index contributed by atoms with van der Waals surface area (Å²) in [6.45, 7) is 5.24. The number of hydrogen-bond donors (Lipinski definition) is 1. The van der Waals surface area contributed by atoms with Gasteiger partial charge in [0.2, 0.25) is 0 Å². The molecule has 8 nitrogen and oxygen atoms in total. The Labute approximate surface area is 199 Å². The molecule has 1 saturated heterocycles. The zero-order valence-electron chi connectivity index (χ0n) is 19.4. The van der Waals surface area contributed by atoms with Gasteiger partial charge in [0.15, 0.2) is 11.2 Å². The third-order valence-corrected chi connectivity index (χ3v) is 6.50. The number of aryl methyl sites for hydroxylation is 2. The van der Waals surface area contributed by atoms with Gasteiger partial charge in [-0.1, -0.05) is 29.0 Å². The number of likely N-dealkylation sites (tertiary alicyclic amines) is 1. The summed E-state index contributed by atoms with van der Waals surface area (Å²) in [4.78, 5) is 34.5. The highest BCUT2D eigenvalue weighted by Crippen LogP contribution is 2.27. The molecule has 2 aromatic carbocycles. The average molecular weight is 479 g/mol. The van der Waals surface area contributed by atoms with Crippen LogP contribution in [0.4, 0.5) is 8.78 Å². The monoisotopic (exact) mass is 478 g/mol. The van der Waals surface area contributed by atoms with Crippen LogP contribution in [0.1, 0.15) is 51.6 Å². The molecule has 2 aromatic heterocycles. The summed E-state index contributed by atoms with van der Waals surface area (Å²) in [5.41, 5.74) is 3.53. The van der Waals surface area contributed by atoms with Crippen LogP contribution in [0.3, 0.4) is 0 Å². The van der Waals surface area contributed by atoms with Crippen LogP contribution in [0.2, 0.25) is 0 Å². The Bertz CT molecular complexity index is 1470. The molecule has 3 heterocycles.